The van der Waals surface area contributed by atoms with E-state index in [-0.39, 0.29) is 31.1 Å². The van der Waals surface area contributed by atoms with Gasteiger partial charge in [-0.2, -0.15) is 0 Å². The van der Waals surface area contributed by atoms with Gasteiger partial charge >= 0.3 is 5.97 Å². The van der Waals surface area contributed by atoms with Crippen molar-refractivity contribution in [3.05, 3.63) is 23.5 Å². The topological polar surface area (TPSA) is 99.7 Å². The maximum absolute atomic E-state index is 14.5. The zero-order chi connectivity index (χ0) is 19.9. The summed E-state index contributed by atoms with van der Waals surface area (Å²) in [7, 11) is 0. The Balaban J connectivity index is 1.66. The standard InChI is InChI=1S/C20H28FN3O4/c21-16-10-15(20(27)24-28-9-3-6-19(25)26)17(23-14-4-1-2-5-14)11-18(16)22-12-13-7-8-13/h10-11,13-14,22-23H,1-9,12H2,(H,24,27)(H,25,26). The van der Waals surface area contributed by atoms with Gasteiger partial charge in [0.15, 0.2) is 0 Å². The van der Waals surface area contributed by atoms with Crippen molar-refractivity contribution in [1.82, 2.24) is 5.48 Å². The molecule has 0 aromatic heterocycles. The largest absolute Gasteiger partial charge is 0.481 e. The van der Waals surface area contributed by atoms with Crippen molar-refractivity contribution >= 4 is 23.3 Å². The smallest absolute Gasteiger partial charge is 0.303 e. The highest BCUT2D eigenvalue weighted by atomic mass is 19.1. The van der Waals surface area contributed by atoms with Crippen molar-refractivity contribution in [2.45, 2.75) is 57.4 Å². The highest BCUT2D eigenvalue weighted by Gasteiger charge is 2.23. The van der Waals surface area contributed by atoms with Crippen LogP contribution in [0.4, 0.5) is 15.8 Å². The molecule has 0 radical (unpaired) electrons. The monoisotopic (exact) mass is 393 g/mol. The second-order valence-electron chi connectivity index (χ2n) is 7.60. The van der Waals surface area contributed by atoms with E-state index in [0.29, 0.717) is 17.3 Å². The first kappa shape index (κ1) is 20.4. The van der Waals surface area contributed by atoms with Gasteiger partial charge in [0.05, 0.1) is 17.9 Å². The predicted octanol–water partition coefficient (Wildman–Crippen LogP) is 3.53. The molecular weight excluding hydrogens is 365 g/mol. The Hall–Kier alpha value is -2.35. The number of carbonyl (C=O) groups is 2. The van der Waals surface area contributed by atoms with Gasteiger partial charge in [0, 0.05) is 24.7 Å². The number of benzene rings is 1. The van der Waals surface area contributed by atoms with Gasteiger partial charge in [0.1, 0.15) is 5.82 Å². The summed E-state index contributed by atoms with van der Waals surface area (Å²) in [5.41, 5.74) is 3.44. The molecule has 2 saturated carbocycles. The molecule has 4 N–H and O–H groups in total. The maximum Gasteiger partial charge on any atom is 0.303 e. The van der Waals surface area contributed by atoms with E-state index in [1.807, 2.05) is 0 Å². The molecule has 1 aromatic carbocycles. The van der Waals surface area contributed by atoms with Crippen LogP contribution in [0.1, 0.15) is 61.7 Å². The normalized spacial score (nSPS) is 16.8. The number of carbonyl (C=O) groups excluding carboxylic acids is 1. The number of hydrogen-bond acceptors (Lipinski definition) is 5. The molecule has 28 heavy (non-hydrogen) atoms. The molecule has 0 aliphatic heterocycles. The van der Waals surface area contributed by atoms with E-state index in [4.69, 9.17) is 9.94 Å². The summed E-state index contributed by atoms with van der Waals surface area (Å²) >= 11 is 0. The fraction of sp³-hybridized carbons (Fsp3) is 0.600. The minimum absolute atomic E-state index is 0.0413. The molecule has 0 heterocycles. The summed E-state index contributed by atoms with van der Waals surface area (Å²) in [5.74, 6) is -1.35. The third-order valence-electron chi connectivity index (χ3n) is 5.15. The molecule has 0 spiro atoms. The van der Waals surface area contributed by atoms with Crippen molar-refractivity contribution in [3.8, 4) is 0 Å². The maximum atomic E-state index is 14.5. The van der Waals surface area contributed by atoms with Crippen LogP contribution in [0.3, 0.4) is 0 Å². The molecule has 8 heteroatoms. The minimum Gasteiger partial charge on any atom is -0.481 e. The van der Waals surface area contributed by atoms with Crippen LogP contribution in [0, 0.1) is 11.7 Å². The summed E-state index contributed by atoms with van der Waals surface area (Å²) in [5, 5.41) is 15.1. The van der Waals surface area contributed by atoms with Crippen LogP contribution in [0.2, 0.25) is 0 Å². The number of hydrogen-bond donors (Lipinski definition) is 4. The van der Waals surface area contributed by atoms with E-state index in [2.05, 4.69) is 16.1 Å². The molecule has 0 bridgehead atoms. The van der Waals surface area contributed by atoms with E-state index in [9.17, 15) is 14.0 Å². The lowest BCUT2D eigenvalue weighted by Gasteiger charge is -2.19. The Morgan fingerprint density at radius 2 is 1.89 bits per heavy atom. The molecule has 3 rings (SSSR count). The number of halogens is 1. The van der Waals surface area contributed by atoms with E-state index in [0.717, 1.165) is 32.2 Å². The Morgan fingerprint density at radius 3 is 2.57 bits per heavy atom. The lowest BCUT2D eigenvalue weighted by atomic mass is 10.1. The molecular formula is C20H28FN3O4. The molecule has 2 fully saturated rings. The number of amides is 1. The Bertz CT molecular complexity index is 703. The van der Waals surface area contributed by atoms with Gasteiger partial charge in [0.2, 0.25) is 0 Å². The van der Waals surface area contributed by atoms with E-state index in [1.165, 1.54) is 18.9 Å². The van der Waals surface area contributed by atoms with Crippen LogP contribution in [0.5, 0.6) is 0 Å². The van der Waals surface area contributed by atoms with Crippen LogP contribution in [-0.2, 0) is 9.63 Å². The van der Waals surface area contributed by atoms with Gasteiger partial charge in [-0.3, -0.25) is 14.4 Å². The zero-order valence-electron chi connectivity index (χ0n) is 15.9. The van der Waals surface area contributed by atoms with Crippen molar-refractivity contribution < 1.29 is 23.9 Å². The van der Waals surface area contributed by atoms with Crippen molar-refractivity contribution in [3.63, 3.8) is 0 Å². The molecule has 0 unspecified atom stereocenters. The van der Waals surface area contributed by atoms with Gasteiger partial charge in [-0.15, -0.1) is 0 Å². The van der Waals surface area contributed by atoms with Crippen LogP contribution in [-0.4, -0.2) is 36.2 Å². The van der Waals surface area contributed by atoms with Crippen molar-refractivity contribution in [1.29, 1.82) is 0 Å². The lowest BCUT2D eigenvalue weighted by molar-refractivity contribution is -0.137. The number of anilines is 2. The first-order valence-corrected chi connectivity index (χ1v) is 10.0. The molecule has 1 amide bonds. The number of nitrogens with one attached hydrogen (secondary N) is 3. The van der Waals surface area contributed by atoms with Crippen LogP contribution >= 0.6 is 0 Å². The average Bonchev–Trinajstić information content (AvgIpc) is 3.35. The van der Waals surface area contributed by atoms with E-state index >= 15 is 0 Å². The number of hydroxylamine groups is 1. The first-order chi connectivity index (χ1) is 13.5. The summed E-state index contributed by atoms with van der Waals surface area (Å²) in [6, 6.07) is 3.16. The number of carboxylic acid groups (broad SMARTS) is 1. The molecule has 2 aliphatic carbocycles. The average molecular weight is 393 g/mol. The fourth-order valence-corrected chi connectivity index (χ4v) is 3.35. The van der Waals surface area contributed by atoms with Crippen LogP contribution < -0.4 is 16.1 Å². The molecule has 7 nitrogen and oxygen atoms in total. The van der Waals surface area contributed by atoms with Crippen LogP contribution in [0.15, 0.2) is 12.1 Å². The fourth-order valence-electron chi connectivity index (χ4n) is 3.35. The second kappa shape index (κ2) is 9.73. The van der Waals surface area contributed by atoms with E-state index < -0.39 is 17.7 Å². The predicted molar refractivity (Wildman–Crippen MR) is 104 cm³/mol. The Labute approximate surface area is 164 Å². The quantitative estimate of drug-likeness (QED) is 0.339. The van der Waals surface area contributed by atoms with Crippen molar-refractivity contribution in [2.24, 2.45) is 5.92 Å². The number of rotatable bonds is 11. The minimum atomic E-state index is -0.922. The number of carboxylic acids is 1. The molecule has 0 atom stereocenters. The van der Waals surface area contributed by atoms with E-state index in [1.54, 1.807) is 6.07 Å². The molecule has 154 valence electrons. The number of aliphatic carboxylic acids is 1. The van der Waals surface area contributed by atoms with Gasteiger partial charge in [-0.05, 0) is 50.2 Å². The highest BCUT2D eigenvalue weighted by molar-refractivity contribution is 5.99. The highest BCUT2D eigenvalue weighted by Crippen LogP contribution is 2.32. The molecule has 1 aromatic rings. The SMILES string of the molecule is O=C(O)CCCONC(=O)c1cc(F)c(NCC2CC2)cc1NC1CCCC1. The lowest BCUT2D eigenvalue weighted by Crippen LogP contribution is -2.27. The first-order valence-electron chi connectivity index (χ1n) is 10.0. The summed E-state index contributed by atoms with van der Waals surface area (Å²) < 4.78 is 14.5. The third kappa shape index (κ3) is 6.09. The second-order valence-corrected chi connectivity index (χ2v) is 7.60. The summed E-state index contributed by atoms with van der Waals surface area (Å²) in [4.78, 5) is 28.0. The zero-order valence-corrected chi connectivity index (χ0v) is 15.9. The molecule has 2 aliphatic rings. The summed E-state index contributed by atoms with van der Waals surface area (Å²) in [6.45, 7) is 0.810. The van der Waals surface area contributed by atoms with Gasteiger partial charge in [0.25, 0.3) is 5.91 Å². The molecule has 0 saturated heterocycles. The van der Waals surface area contributed by atoms with Gasteiger partial charge < -0.3 is 15.7 Å². The Morgan fingerprint density at radius 1 is 1.14 bits per heavy atom. The van der Waals surface area contributed by atoms with Gasteiger partial charge in [-0.25, -0.2) is 9.87 Å². The third-order valence-corrected chi connectivity index (χ3v) is 5.15. The van der Waals surface area contributed by atoms with Gasteiger partial charge in [-0.1, -0.05) is 12.8 Å². The van der Waals surface area contributed by atoms with Crippen molar-refractivity contribution in [2.75, 3.05) is 23.8 Å². The summed E-state index contributed by atoms with van der Waals surface area (Å²) in [6.07, 6.45) is 6.90. The van der Waals surface area contributed by atoms with Crippen LogP contribution in [0.25, 0.3) is 0 Å². The Kier molecular flexibility index (Phi) is 7.08.